The summed E-state index contributed by atoms with van der Waals surface area (Å²) < 4.78 is 0. The molecule has 1 aromatic carbocycles. The number of para-hydroxylation sites is 1. The third-order valence-corrected chi connectivity index (χ3v) is 6.10. The number of amides is 1. The Morgan fingerprint density at radius 2 is 2.00 bits per heavy atom. The number of aromatic amines is 1. The van der Waals surface area contributed by atoms with Crippen LogP contribution in [-0.4, -0.2) is 41.5 Å². The predicted octanol–water partition coefficient (Wildman–Crippen LogP) is 3.48. The summed E-state index contributed by atoms with van der Waals surface area (Å²) in [5, 5.41) is 4.40. The van der Waals surface area contributed by atoms with Crippen LogP contribution in [0.1, 0.15) is 44.1 Å². The Morgan fingerprint density at radius 1 is 1.16 bits per heavy atom. The van der Waals surface area contributed by atoms with Gasteiger partial charge in [0, 0.05) is 29.7 Å². The molecule has 2 atom stereocenters. The number of carbonyl (C=O) groups excluding carboxylic acids is 1. The minimum Gasteiger partial charge on any atom is -0.361 e. The number of fused-ring (bicyclic) bond motifs is 2. The van der Waals surface area contributed by atoms with Crippen LogP contribution >= 0.6 is 0 Å². The molecular formula is C21H29N3O. The monoisotopic (exact) mass is 339 g/mol. The summed E-state index contributed by atoms with van der Waals surface area (Å²) in [6.45, 7) is 2.38. The van der Waals surface area contributed by atoms with Crippen LogP contribution in [0.15, 0.2) is 30.5 Å². The van der Waals surface area contributed by atoms with Crippen LogP contribution in [0.5, 0.6) is 0 Å². The van der Waals surface area contributed by atoms with Gasteiger partial charge in [0.25, 0.3) is 0 Å². The van der Waals surface area contributed by atoms with Gasteiger partial charge in [0.05, 0.1) is 6.54 Å². The smallest absolute Gasteiger partial charge is 0.234 e. The second-order valence-corrected chi connectivity index (χ2v) is 7.68. The van der Waals surface area contributed by atoms with Crippen molar-refractivity contribution in [2.24, 2.45) is 5.92 Å². The lowest BCUT2D eigenvalue weighted by atomic mass is 9.78. The van der Waals surface area contributed by atoms with E-state index in [1.54, 1.807) is 0 Å². The van der Waals surface area contributed by atoms with Gasteiger partial charge in [-0.2, -0.15) is 0 Å². The summed E-state index contributed by atoms with van der Waals surface area (Å²) in [6.07, 6.45) is 10.9. The Kier molecular flexibility index (Phi) is 5.07. The third kappa shape index (κ3) is 3.74. The van der Waals surface area contributed by atoms with Gasteiger partial charge in [0.2, 0.25) is 5.91 Å². The summed E-state index contributed by atoms with van der Waals surface area (Å²) in [7, 11) is 0. The van der Waals surface area contributed by atoms with E-state index in [4.69, 9.17) is 0 Å². The van der Waals surface area contributed by atoms with Crippen molar-refractivity contribution in [1.82, 2.24) is 15.2 Å². The van der Waals surface area contributed by atoms with Gasteiger partial charge in [-0.3, -0.25) is 9.69 Å². The molecule has 134 valence electrons. The molecule has 0 radical (unpaired) electrons. The van der Waals surface area contributed by atoms with Gasteiger partial charge in [-0.05, 0) is 56.2 Å². The molecule has 2 aromatic rings. The normalized spacial score (nSPS) is 24.2. The van der Waals surface area contributed by atoms with Crippen LogP contribution in [0.4, 0.5) is 0 Å². The fourth-order valence-electron chi connectivity index (χ4n) is 4.84. The molecule has 1 aliphatic carbocycles. The zero-order valence-corrected chi connectivity index (χ0v) is 15.0. The molecule has 2 heterocycles. The quantitative estimate of drug-likeness (QED) is 0.876. The first-order valence-electron chi connectivity index (χ1n) is 9.87. The Labute approximate surface area is 150 Å². The van der Waals surface area contributed by atoms with E-state index >= 15 is 0 Å². The molecule has 4 heteroatoms. The number of benzene rings is 1. The van der Waals surface area contributed by atoms with Crippen molar-refractivity contribution < 1.29 is 4.79 Å². The minimum atomic E-state index is 0.186. The van der Waals surface area contributed by atoms with Crippen molar-refractivity contribution in [2.45, 2.75) is 51.0 Å². The van der Waals surface area contributed by atoms with Crippen molar-refractivity contribution in [2.75, 3.05) is 19.6 Å². The van der Waals surface area contributed by atoms with Crippen LogP contribution in [-0.2, 0) is 11.2 Å². The first-order valence-corrected chi connectivity index (χ1v) is 9.87. The maximum absolute atomic E-state index is 12.4. The Balaban J connectivity index is 1.27. The van der Waals surface area contributed by atoms with Gasteiger partial charge in [0.15, 0.2) is 0 Å². The molecule has 0 unspecified atom stereocenters. The number of piperidine rings is 1. The largest absolute Gasteiger partial charge is 0.361 e. The number of nitrogens with zero attached hydrogens (tertiary/aromatic N) is 1. The van der Waals surface area contributed by atoms with Crippen LogP contribution < -0.4 is 5.32 Å². The van der Waals surface area contributed by atoms with E-state index in [2.05, 4.69) is 39.6 Å². The molecule has 1 saturated heterocycles. The molecule has 4 nitrogen and oxygen atoms in total. The maximum atomic E-state index is 12.4. The molecule has 1 saturated carbocycles. The Morgan fingerprint density at radius 3 is 2.96 bits per heavy atom. The lowest BCUT2D eigenvalue weighted by molar-refractivity contribution is -0.123. The van der Waals surface area contributed by atoms with E-state index in [1.165, 1.54) is 55.0 Å². The summed E-state index contributed by atoms with van der Waals surface area (Å²) >= 11 is 0. The fourth-order valence-corrected chi connectivity index (χ4v) is 4.84. The highest BCUT2D eigenvalue weighted by molar-refractivity contribution is 5.83. The van der Waals surface area contributed by atoms with E-state index in [0.29, 0.717) is 19.1 Å². The summed E-state index contributed by atoms with van der Waals surface area (Å²) in [6, 6.07) is 8.99. The second-order valence-electron chi connectivity index (χ2n) is 7.68. The first kappa shape index (κ1) is 16.6. The van der Waals surface area contributed by atoms with Gasteiger partial charge in [-0.25, -0.2) is 0 Å². The van der Waals surface area contributed by atoms with Crippen LogP contribution in [0, 0.1) is 5.92 Å². The van der Waals surface area contributed by atoms with Gasteiger partial charge in [0.1, 0.15) is 0 Å². The van der Waals surface area contributed by atoms with Crippen molar-refractivity contribution in [1.29, 1.82) is 0 Å². The molecular weight excluding hydrogens is 310 g/mol. The van der Waals surface area contributed by atoms with Crippen LogP contribution in [0.25, 0.3) is 10.9 Å². The van der Waals surface area contributed by atoms with Crippen molar-refractivity contribution >= 4 is 16.8 Å². The average Bonchev–Trinajstić information content (AvgIpc) is 3.05. The number of nitrogens with one attached hydrogen (secondary N) is 2. The van der Waals surface area contributed by atoms with Crippen LogP contribution in [0.3, 0.4) is 0 Å². The zero-order chi connectivity index (χ0) is 17.1. The number of aromatic nitrogens is 1. The molecule has 1 amide bonds. The fraction of sp³-hybridized carbons (Fsp3) is 0.571. The molecule has 4 rings (SSSR count). The Hall–Kier alpha value is -1.81. The highest BCUT2D eigenvalue weighted by atomic mass is 16.2. The summed E-state index contributed by atoms with van der Waals surface area (Å²) in [5.74, 6) is 1.02. The number of carbonyl (C=O) groups is 1. The van der Waals surface area contributed by atoms with Gasteiger partial charge < -0.3 is 10.3 Å². The third-order valence-electron chi connectivity index (χ3n) is 6.10. The van der Waals surface area contributed by atoms with Crippen molar-refractivity contribution in [3.8, 4) is 0 Å². The molecule has 0 spiro atoms. The number of hydrogen-bond donors (Lipinski definition) is 2. The SMILES string of the molecule is O=C(CN1CCC[C@@H]2CCCC[C@@H]21)NCCc1c[nH]c2ccccc12. The lowest BCUT2D eigenvalue weighted by Gasteiger charge is -2.43. The van der Waals surface area contributed by atoms with Gasteiger partial charge >= 0.3 is 0 Å². The first-order chi connectivity index (χ1) is 12.3. The molecule has 25 heavy (non-hydrogen) atoms. The predicted molar refractivity (Wildman–Crippen MR) is 102 cm³/mol. The Bertz CT molecular complexity index is 721. The summed E-state index contributed by atoms with van der Waals surface area (Å²) in [4.78, 5) is 18.2. The molecule has 2 N–H and O–H groups in total. The summed E-state index contributed by atoms with van der Waals surface area (Å²) in [5.41, 5.74) is 2.45. The van der Waals surface area contributed by atoms with E-state index in [-0.39, 0.29) is 5.91 Å². The maximum Gasteiger partial charge on any atom is 0.234 e. The zero-order valence-electron chi connectivity index (χ0n) is 15.0. The molecule has 1 aliphatic heterocycles. The van der Waals surface area contributed by atoms with Crippen molar-refractivity contribution in [3.05, 3.63) is 36.0 Å². The van der Waals surface area contributed by atoms with Gasteiger partial charge in [-0.1, -0.05) is 31.0 Å². The molecule has 0 bridgehead atoms. The van der Waals surface area contributed by atoms with E-state index < -0.39 is 0 Å². The number of likely N-dealkylation sites (tertiary alicyclic amines) is 1. The van der Waals surface area contributed by atoms with E-state index in [0.717, 1.165) is 18.9 Å². The lowest BCUT2D eigenvalue weighted by Crippen LogP contribution is -2.50. The second kappa shape index (κ2) is 7.61. The van der Waals surface area contributed by atoms with Gasteiger partial charge in [-0.15, -0.1) is 0 Å². The molecule has 2 fully saturated rings. The highest BCUT2D eigenvalue weighted by Gasteiger charge is 2.33. The molecule has 2 aliphatic rings. The van der Waals surface area contributed by atoms with Crippen LogP contribution in [0.2, 0.25) is 0 Å². The topological polar surface area (TPSA) is 48.1 Å². The van der Waals surface area contributed by atoms with Crippen molar-refractivity contribution in [3.63, 3.8) is 0 Å². The molecule has 1 aromatic heterocycles. The minimum absolute atomic E-state index is 0.186. The number of hydrogen-bond acceptors (Lipinski definition) is 2. The van der Waals surface area contributed by atoms with E-state index in [9.17, 15) is 4.79 Å². The highest BCUT2D eigenvalue weighted by Crippen LogP contribution is 2.34. The van der Waals surface area contributed by atoms with E-state index in [1.807, 2.05) is 6.07 Å². The average molecular weight is 339 g/mol. The number of H-pyrrole nitrogens is 1. The number of rotatable bonds is 5. The standard InChI is InChI=1S/C21H29N3O/c25-21(15-24-13-5-7-16-6-1-4-10-20(16)24)22-12-11-17-14-23-19-9-3-2-8-18(17)19/h2-3,8-9,14,16,20,23H,1,4-7,10-13,15H2,(H,22,25)/t16-,20-/m0/s1.